The van der Waals surface area contributed by atoms with Crippen LogP contribution in [0.4, 0.5) is 4.39 Å². The van der Waals surface area contributed by atoms with Crippen LogP contribution in [0.1, 0.15) is 32.4 Å². The highest BCUT2D eigenvalue weighted by atomic mass is 32.2. The Morgan fingerprint density at radius 3 is 2.58 bits per heavy atom. The van der Waals surface area contributed by atoms with Crippen LogP contribution in [0, 0.1) is 11.7 Å². The number of nitrogens with one attached hydrogen (secondary N) is 1. The molecule has 1 aromatic rings. The van der Waals surface area contributed by atoms with Gasteiger partial charge in [-0.25, -0.2) is 4.39 Å². The molecule has 1 aliphatic heterocycles. The molecule has 1 fully saturated rings. The largest absolute Gasteiger partial charge is 0.304 e. The maximum absolute atomic E-state index is 13.6. The molecule has 19 heavy (non-hydrogen) atoms. The van der Waals surface area contributed by atoms with Crippen molar-refractivity contribution in [3.63, 3.8) is 0 Å². The summed E-state index contributed by atoms with van der Waals surface area (Å²) in [5.41, 5.74) is 0.540. The van der Waals surface area contributed by atoms with Gasteiger partial charge in [0.1, 0.15) is 5.82 Å². The van der Waals surface area contributed by atoms with E-state index in [1.165, 1.54) is 17.8 Å². The number of rotatable bonds is 3. The number of halogens is 1. The molecule has 1 saturated heterocycles. The molecular weight excluding hydrogens is 263 g/mol. The van der Waals surface area contributed by atoms with Crippen LogP contribution in [0.15, 0.2) is 29.3 Å². The minimum atomic E-state index is -0.310. The highest BCUT2D eigenvalue weighted by molar-refractivity contribution is 8.15. The van der Waals surface area contributed by atoms with Crippen molar-refractivity contribution >= 4 is 22.8 Å². The predicted octanol–water partition coefficient (Wildman–Crippen LogP) is 3.13. The van der Waals surface area contributed by atoms with E-state index < -0.39 is 0 Å². The molecule has 5 heteroatoms. The number of benzene rings is 1. The number of aliphatic imine (C=N–C) groups is 1. The van der Waals surface area contributed by atoms with Crippen molar-refractivity contribution < 1.29 is 9.18 Å². The third kappa shape index (κ3) is 3.15. The Hall–Kier alpha value is -1.36. The van der Waals surface area contributed by atoms with Crippen molar-refractivity contribution in [2.45, 2.75) is 32.1 Å². The zero-order chi connectivity index (χ0) is 14.0. The first-order valence-electron chi connectivity index (χ1n) is 6.28. The van der Waals surface area contributed by atoms with E-state index in [0.717, 1.165) is 0 Å². The lowest BCUT2D eigenvalue weighted by Crippen LogP contribution is -2.27. The van der Waals surface area contributed by atoms with Crippen LogP contribution < -0.4 is 5.32 Å². The molecule has 1 aliphatic rings. The summed E-state index contributed by atoms with van der Waals surface area (Å²) in [4.78, 5) is 16.1. The molecule has 0 aliphatic carbocycles. The second-order valence-corrected chi connectivity index (χ2v) is 6.03. The first-order valence-corrected chi connectivity index (χ1v) is 7.16. The number of hydrogen-bond acceptors (Lipinski definition) is 3. The molecule has 0 spiro atoms. The molecule has 1 amide bonds. The summed E-state index contributed by atoms with van der Waals surface area (Å²) in [5, 5.41) is 3.23. The average molecular weight is 280 g/mol. The molecular formula is C14H17FN2OS. The molecule has 3 nitrogen and oxygen atoms in total. The smallest absolute Gasteiger partial charge is 0.239 e. The maximum Gasteiger partial charge on any atom is 0.239 e. The number of nitrogens with zero attached hydrogens (tertiary/aromatic N) is 1. The fourth-order valence-corrected chi connectivity index (χ4v) is 3.00. The van der Waals surface area contributed by atoms with Gasteiger partial charge in [-0.1, -0.05) is 43.8 Å². The number of thioether (sulfide) groups is 1. The number of hydrogen-bond donors (Lipinski definition) is 1. The normalized spacial score (nSPS) is 22.9. The average Bonchev–Trinajstić information content (AvgIpc) is 2.70. The van der Waals surface area contributed by atoms with Crippen LogP contribution in [0.5, 0.6) is 0 Å². The molecule has 102 valence electrons. The Morgan fingerprint density at radius 2 is 2.00 bits per heavy atom. The summed E-state index contributed by atoms with van der Waals surface area (Å²) < 4.78 is 13.6. The van der Waals surface area contributed by atoms with E-state index in [9.17, 15) is 9.18 Å². The minimum Gasteiger partial charge on any atom is -0.304 e. The zero-order valence-corrected chi connectivity index (χ0v) is 12.0. The molecule has 1 unspecified atom stereocenters. The second-order valence-electron chi connectivity index (χ2n) is 4.90. The van der Waals surface area contributed by atoms with Gasteiger partial charge in [-0.3, -0.25) is 9.79 Å². The van der Waals surface area contributed by atoms with Gasteiger partial charge in [0.25, 0.3) is 0 Å². The number of carbonyl (C=O) groups is 1. The van der Waals surface area contributed by atoms with Crippen LogP contribution in [0.25, 0.3) is 0 Å². The van der Waals surface area contributed by atoms with Crippen molar-refractivity contribution in [1.82, 2.24) is 5.32 Å². The Labute approximate surface area is 116 Å². The Kier molecular flexibility index (Phi) is 4.24. The standard InChI is InChI=1S/C14H17FN2OS/c1-8(2)12-13(18)17-14(19-12)16-9(3)10-6-4-5-7-11(10)15/h4-9,12H,1-3H3,(H,16,17,18)/t9-,12?/m0/s1. The summed E-state index contributed by atoms with van der Waals surface area (Å²) in [6, 6.07) is 6.26. The zero-order valence-electron chi connectivity index (χ0n) is 11.2. The molecule has 0 radical (unpaired) electrons. The van der Waals surface area contributed by atoms with Crippen molar-refractivity contribution in [3.8, 4) is 0 Å². The van der Waals surface area contributed by atoms with E-state index >= 15 is 0 Å². The van der Waals surface area contributed by atoms with Crippen molar-refractivity contribution in [2.24, 2.45) is 10.9 Å². The lowest BCUT2D eigenvalue weighted by molar-refractivity contribution is -0.119. The van der Waals surface area contributed by atoms with Gasteiger partial charge >= 0.3 is 0 Å². The van der Waals surface area contributed by atoms with E-state index in [4.69, 9.17) is 0 Å². The Balaban J connectivity index is 2.15. The Bertz CT molecular complexity index is 516. The van der Waals surface area contributed by atoms with Crippen LogP contribution >= 0.6 is 11.8 Å². The lowest BCUT2D eigenvalue weighted by Gasteiger charge is -2.09. The SMILES string of the molecule is CC(C)C1SC(=N[C@@H](C)c2ccccc2F)NC1=O. The monoisotopic (exact) mass is 280 g/mol. The quantitative estimate of drug-likeness (QED) is 0.924. The molecule has 2 rings (SSSR count). The summed E-state index contributed by atoms with van der Waals surface area (Å²) >= 11 is 1.42. The molecule has 1 aromatic carbocycles. The van der Waals surface area contributed by atoms with Gasteiger partial charge in [-0.15, -0.1) is 0 Å². The van der Waals surface area contributed by atoms with Gasteiger partial charge in [0, 0.05) is 5.56 Å². The highest BCUT2D eigenvalue weighted by Gasteiger charge is 2.32. The van der Waals surface area contributed by atoms with Gasteiger partial charge in [0.05, 0.1) is 11.3 Å². The fourth-order valence-electron chi connectivity index (χ4n) is 1.94. The van der Waals surface area contributed by atoms with E-state index in [1.54, 1.807) is 18.2 Å². The van der Waals surface area contributed by atoms with Gasteiger partial charge in [0.2, 0.25) is 5.91 Å². The van der Waals surface area contributed by atoms with Gasteiger partial charge in [0.15, 0.2) is 5.17 Å². The van der Waals surface area contributed by atoms with Crippen molar-refractivity contribution in [2.75, 3.05) is 0 Å². The van der Waals surface area contributed by atoms with E-state index in [1.807, 2.05) is 20.8 Å². The minimum absolute atomic E-state index is 0.0144. The third-order valence-electron chi connectivity index (χ3n) is 3.00. The predicted molar refractivity (Wildman–Crippen MR) is 76.6 cm³/mol. The third-order valence-corrected chi connectivity index (χ3v) is 4.44. The molecule has 2 atom stereocenters. The van der Waals surface area contributed by atoms with E-state index in [-0.39, 0.29) is 28.9 Å². The van der Waals surface area contributed by atoms with Crippen LogP contribution in [-0.2, 0) is 4.79 Å². The molecule has 0 saturated carbocycles. The van der Waals surface area contributed by atoms with Crippen LogP contribution in [0.3, 0.4) is 0 Å². The lowest BCUT2D eigenvalue weighted by atomic mass is 10.1. The summed E-state index contributed by atoms with van der Waals surface area (Å²) in [5.74, 6) is -0.0324. The molecule has 1 heterocycles. The summed E-state index contributed by atoms with van der Waals surface area (Å²) in [7, 11) is 0. The maximum atomic E-state index is 13.6. The van der Waals surface area contributed by atoms with Gasteiger partial charge in [-0.2, -0.15) is 0 Å². The number of amidine groups is 1. The van der Waals surface area contributed by atoms with Crippen LogP contribution in [-0.4, -0.2) is 16.3 Å². The molecule has 0 aromatic heterocycles. The van der Waals surface area contributed by atoms with Gasteiger partial charge in [-0.05, 0) is 18.9 Å². The van der Waals surface area contributed by atoms with Crippen molar-refractivity contribution in [3.05, 3.63) is 35.6 Å². The number of amides is 1. The first-order chi connectivity index (χ1) is 8.99. The Morgan fingerprint density at radius 1 is 1.32 bits per heavy atom. The first kappa shape index (κ1) is 14.1. The molecule has 1 N–H and O–H groups in total. The fraction of sp³-hybridized carbons (Fsp3) is 0.429. The van der Waals surface area contributed by atoms with E-state index in [0.29, 0.717) is 10.7 Å². The van der Waals surface area contributed by atoms with Crippen molar-refractivity contribution in [1.29, 1.82) is 0 Å². The van der Waals surface area contributed by atoms with Crippen LogP contribution in [0.2, 0.25) is 0 Å². The number of carbonyl (C=O) groups excluding carboxylic acids is 1. The highest BCUT2D eigenvalue weighted by Crippen LogP contribution is 2.28. The topological polar surface area (TPSA) is 41.5 Å². The van der Waals surface area contributed by atoms with E-state index in [2.05, 4.69) is 10.3 Å². The second kappa shape index (κ2) is 5.74. The van der Waals surface area contributed by atoms with Gasteiger partial charge < -0.3 is 5.32 Å². The summed E-state index contributed by atoms with van der Waals surface area (Å²) in [6.45, 7) is 5.82. The summed E-state index contributed by atoms with van der Waals surface area (Å²) in [6.07, 6.45) is 0. The molecule has 0 bridgehead atoms.